The standard InChI is InChI=1S/C21H14ClFN2O4S.C20H16FNO4S.C20H17NO4S/c22-16-6-4-14(5-7-16)13-25(17-8-9-20(23)19(11-17)21(26)27)30(28,29)18-3-1-2-15(10-18)12-24;21-18-11-4-5-12-19(18)27(25,26)22(14-15-7-2-1-3-8-15)17-10-6-9-16(13-17)20(23)24;22-20(23)17-10-7-11-18(14-17)21(15-16-8-3-1-4-9-16)26(24,25)19-12-5-2-6-13-19/h1-11H,13H2,(H,26,27);1-13H,14H2,(H,23,24);1-14H,15H2,(H,22,23). The predicted molar refractivity (Wildman–Crippen MR) is 309 cm³/mol. The third kappa shape index (κ3) is 15.4. The minimum atomic E-state index is -4.26. The van der Waals surface area contributed by atoms with E-state index in [1.807, 2.05) is 36.4 Å². The number of carbonyl (C=O) groups is 3. The molecule has 422 valence electrons. The molecule has 0 radical (unpaired) electrons. The molecule has 0 atom stereocenters. The molecule has 83 heavy (non-hydrogen) atoms. The van der Waals surface area contributed by atoms with Crippen LogP contribution in [0.2, 0.25) is 5.02 Å². The van der Waals surface area contributed by atoms with E-state index in [9.17, 15) is 63.7 Å². The molecule has 9 aromatic rings. The highest BCUT2D eigenvalue weighted by atomic mass is 35.5. The van der Waals surface area contributed by atoms with Crippen LogP contribution in [0.1, 0.15) is 53.3 Å². The lowest BCUT2D eigenvalue weighted by molar-refractivity contribution is 0.0682. The van der Waals surface area contributed by atoms with Gasteiger partial charge in [0.1, 0.15) is 16.5 Å². The molecule has 0 aliphatic heterocycles. The molecular formula is C61H47ClF2N4O12S3. The Morgan fingerprint density at radius 2 is 0.843 bits per heavy atom. The average Bonchev–Trinajstić information content (AvgIpc) is 3.32. The van der Waals surface area contributed by atoms with Crippen molar-refractivity contribution in [3.63, 3.8) is 0 Å². The fraction of sp³-hybridized carbons (Fsp3) is 0.0492. The Labute approximate surface area is 482 Å². The second kappa shape index (κ2) is 27.2. The number of hydrogen-bond acceptors (Lipinski definition) is 10. The van der Waals surface area contributed by atoms with Gasteiger partial charge in [-0.25, -0.2) is 48.4 Å². The van der Waals surface area contributed by atoms with Gasteiger partial charge in [-0.15, -0.1) is 0 Å². The first-order valence-electron chi connectivity index (χ1n) is 24.5. The second-order valence-electron chi connectivity index (χ2n) is 17.7. The molecule has 9 rings (SSSR count). The zero-order valence-electron chi connectivity index (χ0n) is 43.2. The molecule has 0 fully saturated rings. The third-order valence-electron chi connectivity index (χ3n) is 12.1. The third-order valence-corrected chi connectivity index (χ3v) is 17.7. The predicted octanol–water partition coefficient (Wildman–Crippen LogP) is 12.1. The summed E-state index contributed by atoms with van der Waals surface area (Å²) >= 11 is 5.89. The summed E-state index contributed by atoms with van der Waals surface area (Å²) in [5.41, 5.74) is 1.91. The van der Waals surface area contributed by atoms with Crippen molar-refractivity contribution in [2.75, 3.05) is 12.9 Å². The van der Waals surface area contributed by atoms with Crippen LogP contribution in [0.15, 0.2) is 245 Å². The molecule has 0 aliphatic rings. The van der Waals surface area contributed by atoms with Gasteiger partial charge in [-0.1, -0.05) is 133 Å². The Bertz CT molecular complexity index is 4180. The number of carboxylic acid groups (broad SMARTS) is 3. The molecule has 0 spiro atoms. The first-order chi connectivity index (χ1) is 39.6. The number of halogens is 3. The van der Waals surface area contributed by atoms with Gasteiger partial charge < -0.3 is 15.3 Å². The quantitative estimate of drug-likeness (QED) is 0.0724. The van der Waals surface area contributed by atoms with Crippen LogP contribution in [0.5, 0.6) is 0 Å². The van der Waals surface area contributed by atoms with Crippen LogP contribution in [0.4, 0.5) is 25.8 Å². The lowest BCUT2D eigenvalue weighted by atomic mass is 10.1. The van der Waals surface area contributed by atoms with Crippen LogP contribution < -0.4 is 12.9 Å². The zero-order valence-corrected chi connectivity index (χ0v) is 46.4. The Kier molecular flexibility index (Phi) is 19.9. The van der Waals surface area contributed by atoms with E-state index in [-0.39, 0.29) is 57.5 Å². The van der Waals surface area contributed by atoms with Crippen molar-refractivity contribution in [3.05, 3.63) is 286 Å². The minimum Gasteiger partial charge on any atom is -0.478 e. The van der Waals surface area contributed by atoms with E-state index in [0.29, 0.717) is 21.8 Å². The van der Waals surface area contributed by atoms with Crippen LogP contribution in [-0.4, -0.2) is 58.5 Å². The van der Waals surface area contributed by atoms with E-state index >= 15 is 0 Å². The molecule has 0 saturated heterocycles. The van der Waals surface area contributed by atoms with Gasteiger partial charge >= 0.3 is 17.9 Å². The fourth-order valence-corrected chi connectivity index (χ4v) is 12.6. The maximum absolute atomic E-state index is 14.2. The van der Waals surface area contributed by atoms with Crippen molar-refractivity contribution >= 4 is 76.6 Å². The molecule has 22 heteroatoms. The van der Waals surface area contributed by atoms with E-state index < -0.39 is 70.1 Å². The Morgan fingerprint density at radius 1 is 0.422 bits per heavy atom. The molecule has 0 aromatic heterocycles. The van der Waals surface area contributed by atoms with E-state index in [2.05, 4.69) is 0 Å². The molecular weight excluding hydrogens is 1150 g/mol. The van der Waals surface area contributed by atoms with E-state index in [4.69, 9.17) is 16.9 Å². The number of carboxylic acids is 3. The van der Waals surface area contributed by atoms with Gasteiger partial charge in [-0.3, -0.25) is 12.9 Å². The van der Waals surface area contributed by atoms with Gasteiger partial charge in [0, 0.05) is 5.02 Å². The highest BCUT2D eigenvalue weighted by Crippen LogP contribution is 2.32. The first-order valence-corrected chi connectivity index (χ1v) is 29.2. The number of nitriles is 1. The summed E-state index contributed by atoms with van der Waals surface area (Å²) in [6.07, 6.45) is 0. The largest absolute Gasteiger partial charge is 0.478 e. The van der Waals surface area contributed by atoms with Crippen molar-refractivity contribution in [1.29, 1.82) is 5.26 Å². The van der Waals surface area contributed by atoms with Gasteiger partial charge in [-0.05, 0) is 126 Å². The molecule has 0 amide bonds. The number of sulfonamides is 3. The van der Waals surface area contributed by atoms with Gasteiger partial charge in [-0.2, -0.15) is 5.26 Å². The van der Waals surface area contributed by atoms with Crippen molar-refractivity contribution in [2.45, 2.75) is 34.3 Å². The van der Waals surface area contributed by atoms with Crippen LogP contribution in [-0.2, 0) is 49.7 Å². The van der Waals surface area contributed by atoms with Gasteiger partial charge in [0.2, 0.25) is 0 Å². The Hall–Kier alpha value is -9.72. The number of benzene rings is 9. The lowest BCUT2D eigenvalue weighted by Crippen LogP contribution is -2.31. The fourth-order valence-electron chi connectivity index (χ4n) is 7.97. The monoisotopic (exact) mass is 1200 g/mol. The number of anilines is 3. The van der Waals surface area contributed by atoms with E-state index in [0.717, 1.165) is 32.4 Å². The van der Waals surface area contributed by atoms with Gasteiger partial charge in [0.25, 0.3) is 30.1 Å². The molecule has 0 heterocycles. The summed E-state index contributed by atoms with van der Waals surface area (Å²) in [6.45, 7) is -0.136. The van der Waals surface area contributed by atoms with Gasteiger partial charge in [0.15, 0.2) is 0 Å². The normalized spacial score (nSPS) is 11.1. The van der Waals surface area contributed by atoms with Crippen LogP contribution >= 0.6 is 11.6 Å². The summed E-state index contributed by atoms with van der Waals surface area (Å²) in [4.78, 5) is 33.4. The number of hydrogen-bond donors (Lipinski definition) is 3. The van der Waals surface area contributed by atoms with Crippen LogP contribution in [0, 0.1) is 23.0 Å². The topological polar surface area (TPSA) is 248 Å². The second-order valence-corrected chi connectivity index (χ2v) is 23.7. The molecule has 0 unspecified atom stereocenters. The highest BCUT2D eigenvalue weighted by molar-refractivity contribution is 7.93. The molecule has 3 N–H and O–H groups in total. The molecule has 9 aromatic carbocycles. The number of rotatable bonds is 18. The Morgan fingerprint density at radius 3 is 1.33 bits per heavy atom. The maximum atomic E-state index is 14.2. The number of nitrogens with zero attached hydrogens (tertiary/aromatic N) is 4. The number of aromatic carboxylic acids is 3. The highest BCUT2D eigenvalue weighted by Gasteiger charge is 2.30. The van der Waals surface area contributed by atoms with E-state index in [1.54, 1.807) is 78.9 Å². The van der Waals surface area contributed by atoms with Crippen molar-refractivity contribution in [3.8, 4) is 6.07 Å². The van der Waals surface area contributed by atoms with E-state index in [1.165, 1.54) is 107 Å². The summed E-state index contributed by atoms with van der Waals surface area (Å²) in [7, 11) is -12.3. The smallest absolute Gasteiger partial charge is 0.338 e. The van der Waals surface area contributed by atoms with Gasteiger partial charge in [0.05, 0.1) is 74.8 Å². The SMILES string of the molecule is N#Cc1cccc(S(=O)(=O)N(Cc2ccc(Cl)cc2)c2ccc(F)c(C(=O)O)c2)c1.O=C(O)c1cccc(N(Cc2ccccc2)S(=O)(=O)c2ccccc2)c1.O=C(O)c1cccc(N(Cc2ccccc2)S(=O)(=O)c2ccccc2F)c1. The van der Waals surface area contributed by atoms with Crippen LogP contribution in [0.25, 0.3) is 0 Å². The summed E-state index contributed by atoms with van der Waals surface area (Å²) in [5.74, 6) is -5.67. The summed E-state index contributed by atoms with van der Waals surface area (Å²) in [5, 5.41) is 37.2. The maximum Gasteiger partial charge on any atom is 0.338 e. The van der Waals surface area contributed by atoms with Crippen molar-refractivity contribution < 1.29 is 63.7 Å². The molecule has 16 nitrogen and oxygen atoms in total. The first kappa shape index (κ1) is 60.9. The van der Waals surface area contributed by atoms with Crippen molar-refractivity contribution in [1.82, 2.24) is 0 Å². The van der Waals surface area contributed by atoms with Crippen molar-refractivity contribution in [2.24, 2.45) is 0 Å². The lowest BCUT2D eigenvalue weighted by Gasteiger charge is -2.25. The Balaban J connectivity index is 0.000000179. The minimum absolute atomic E-state index is 0.0313. The molecule has 0 bridgehead atoms. The average molecular weight is 1200 g/mol. The summed E-state index contributed by atoms with van der Waals surface area (Å²) in [6, 6.07) is 59.4. The summed E-state index contributed by atoms with van der Waals surface area (Å²) < 4.78 is 111. The molecule has 0 saturated carbocycles. The zero-order chi connectivity index (χ0) is 59.9. The van der Waals surface area contributed by atoms with Crippen LogP contribution in [0.3, 0.4) is 0 Å². The molecule has 0 aliphatic carbocycles.